The van der Waals surface area contributed by atoms with Crippen LogP contribution in [0.3, 0.4) is 0 Å². The van der Waals surface area contributed by atoms with Crippen molar-refractivity contribution in [2.24, 2.45) is 0 Å². The zero-order chi connectivity index (χ0) is 15.7. The monoisotopic (exact) mass is 288 g/mol. The molecule has 0 aliphatic heterocycles. The zero-order valence-corrected chi connectivity index (χ0v) is 13.4. The number of benzene rings is 1. The Kier molecular flexibility index (Phi) is 4.22. The number of methoxy groups -OCH3 is 1. The first-order valence-electron chi connectivity index (χ1n) is 7.51. The molecule has 0 amide bonds. The van der Waals surface area contributed by atoms with Crippen LogP contribution in [0.15, 0.2) is 24.3 Å². The van der Waals surface area contributed by atoms with Crippen molar-refractivity contribution in [1.29, 1.82) is 0 Å². The predicted molar refractivity (Wildman–Crippen MR) is 82.3 cm³/mol. The number of hydrogen-bond acceptors (Lipinski definition) is 3. The molecule has 0 atom stereocenters. The van der Waals surface area contributed by atoms with Crippen molar-refractivity contribution in [3.63, 3.8) is 0 Å². The van der Waals surface area contributed by atoms with E-state index < -0.39 is 5.41 Å². The van der Waals surface area contributed by atoms with Crippen LogP contribution in [0.4, 0.5) is 0 Å². The molecule has 1 aromatic carbocycles. The highest BCUT2D eigenvalue weighted by atomic mass is 16.5. The molecule has 0 heterocycles. The Bertz CT molecular complexity index is 525. The van der Waals surface area contributed by atoms with Gasteiger partial charge in [-0.2, -0.15) is 0 Å². The molecule has 114 valence electrons. The fourth-order valence-corrected chi connectivity index (χ4v) is 3.05. The van der Waals surface area contributed by atoms with E-state index in [0.29, 0.717) is 25.7 Å². The fourth-order valence-electron chi connectivity index (χ4n) is 3.05. The Hall–Kier alpha value is -1.64. The van der Waals surface area contributed by atoms with E-state index >= 15 is 0 Å². The van der Waals surface area contributed by atoms with E-state index in [4.69, 9.17) is 4.74 Å². The molecule has 0 bridgehead atoms. The zero-order valence-electron chi connectivity index (χ0n) is 13.4. The van der Waals surface area contributed by atoms with Crippen molar-refractivity contribution in [2.45, 2.75) is 57.3 Å². The van der Waals surface area contributed by atoms with Gasteiger partial charge in [0, 0.05) is 12.8 Å². The second-order valence-electron chi connectivity index (χ2n) is 6.94. The number of Topliss-reactive ketones (excluding diaryl/α,β-unsaturated/α-hetero) is 1. The van der Waals surface area contributed by atoms with E-state index in [-0.39, 0.29) is 17.2 Å². The molecule has 1 aromatic rings. The topological polar surface area (TPSA) is 43.4 Å². The Balaban J connectivity index is 2.38. The second-order valence-corrected chi connectivity index (χ2v) is 6.94. The smallest absolute Gasteiger partial charge is 0.316 e. The maximum absolute atomic E-state index is 12.3. The normalized spacial score (nSPS) is 18.4. The van der Waals surface area contributed by atoms with Crippen LogP contribution in [0.5, 0.6) is 0 Å². The first-order valence-corrected chi connectivity index (χ1v) is 7.51. The van der Waals surface area contributed by atoms with Gasteiger partial charge in [0.15, 0.2) is 0 Å². The van der Waals surface area contributed by atoms with Gasteiger partial charge in [-0.05, 0) is 29.4 Å². The molecule has 0 N–H and O–H groups in total. The maximum atomic E-state index is 12.3. The van der Waals surface area contributed by atoms with Crippen LogP contribution in [0, 0.1) is 0 Å². The summed E-state index contributed by atoms with van der Waals surface area (Å²) in [7, 11) is 1.42. The fraction of sp³-hybridized carbons (Fsp3) is 0.556. The molecule has 1 fully saturated rings. The molecule has 2 rings (SSSR count). The minimum Gasteiger partial charge on any atom is -0.468 e. The molecule has 0 radical (unpaired) electrons. The highest BCUT2D eigenvalue weighted by molar-refractivity contribution is 5.88. The van der Waals surface area contributed by atoms with Gasteiger partial charge >= 0.3 is 5.97 Å². The van der Waals surface area contributed by atoms with Crippen LogP contribution in [0.2, 0.25) is 0 Å². The molecule has 3 nitrogen and oxygen atoms in total. The quantitative estimate of drug-likeness (QED) is 0.782. The number of hydrogen-bond donors (Lipinski definition) is 0. The average molecular weight is 288 g/mol. The van der Waals surface area contributed by atoms with E-state index in [9.17, 15) is 9.59 Å². The number of esters is 1. The van der Waals surface area contributed by atoms with Gasteiger partial charge in [0.2, 0.25) is 0 Å². The minimum atomic E-state index is -0.654. The largest absolute Gasteiger partial charge is 0.468 e. The Morgan fingerprint density at radius 2 is 1.62 bits per heavy atom. The first-order chi connectivity index (χ1) is 9.79. The van der Waals surface area contributed by atoms with Crippen LogP contribution in [0.25, 0.3) is 0 Å². The summed E-state index contributed by atoms with van der Waals surface area (Å²) in [5.74, 6) is 0.0133. The SMILES string of the molecule is COC(=O)C1(c2ccc(C(C)(C)C)cc2)CCC(=O)CC1. The summed E-state index contributed by atoms with van der Waals surface area (Å²) in [5, 5.41) is 0. The lowest BCUT2D eigenvalue weighted by molar-refractivity contribution is -0.149. The Morgan fingerprint density at radius 1 is 1.10 bits per heavy atom. The molecular weight excluding hydrogens is 264 g/mol. The lowest BCUT2D eigenvalue weighted by Crippen LogP contribution is -2.40. The molecule has 0 spiro atoms. The molecule has 0 saturated heterocycles. The van der Waals surface area contributed by atoms with E-state index in [1.165, 1.54) is 12.7 Å². The van der Waals surface area contributed by atoms with Crippen molar-refractivity contribution in [1.82, 2.24) is 0 Å². The van der Waals surface area contributed by atoms with E-state index in [0.717, 1.165) is 5.56 Å². The summed E-state index contributed by atoms with van der Waals surface area (Å²) < 4.78 is 5.03. The standard InChI is InChI=1S/C18H24O3/c1-17(2,3)13-5-7-14(8-6-13)18(16(20)21-4)11-9-15(19)10-12-18/h5-8H,9-12H2,1-4H3. The van der Waals surface area contributed by atoms with Crippen molar-refractivity contribution < 1.29 is 14.3 Å². The third-order valence-corrected chi connectivity index (χ3v) is 4.54. The summed E-state index contributed by atoms with van der Waals surface area (Å²) in [6.45, 7) is 6.49. The van der Waals surface area contributed by atoms with E-state index in [2.05, 4.69) is 32.9 Å². The lowest BCUT2D eigenvalue weighted by atomic mass is 9.68. The van der Waals surface area contributed by atoms with Gasteiger partial charge in [0.05, 0.1) is 12.5 Å². The van der Waals surface area contributed by atoms with Crippen LogP contribution >= 0.6 is 0 Å². The average Bonchev–Trinajstić information content (AvgIpc) is 2.47. The number of rotatable bonds is 2. The van der Waals surface area contributed by atoms with Crippen molar-refractivity contribution in [3.05, 3.63) is 35.4 Å². The van der Waals surface area contributed by atoms with Crippen molar-refractivity contribution in [2.75, 3.05) is 7.11 Å². The van der Waals surface area contributed by atoms with E-state index in [1.54, 1.807) is 0 Å². The van der Waals surface area contributed by atoms with Gasteiger partial charge in [-0.15, -0.1) is 0 Å². The van der Waals surface area contributed by atoms with Gasteiger partial charge in [-0.25, -0.2) is 0 Å². The van der Waals surface area contributed by atoms with Crippen LogP contribution in [-0.2, 0) is 25.2 Å². The van der Waals surface area contributed by atoms with Crippen LogP contribution in [0.1, 0.15) is 57.6 Å². The number of ketones is 1. The van der Waals surface area contributed by atoms with Crippen LogP contribution in [-0.4, -0.2) is 18.9 Å². The highest BCUT2D eigenvalue weighted by Gasteiger charge is 2.44. The summed E-state index contributed by atoms with van der Waals surface area (Å²) in [6.07, 6.45) is 2.01. The third-order valence-electron chi connectivity index (χ3n) is 4.54. The summed E-state index contributed by atoms with van der Waals surface area (Å²) in [6, 6.07) is 8.20. The first kappa shape index (κ1) is 15.7. The summed E-state index contributed by atoms with van der Waals surface area (Å²) >= 11 is 0. The lowest BCUT2D eigenvalue weighted by Gasteiger charge is -2.34. The molecule has 21 heavy (non-hydrogen) atoms. The van der Waals surface area contributed by atoms with Gasteiger partial charge in [0.25, 0.3) is 0 Å². The van der Waals surface area contributed by atoms with Gasteiger partial charge in [0.1, 0.15) is 5.78 Å². The van der Waals surface area contributed by atoms with Crippen molar-refractivity contribution >= 4 is 11.8 Å². The van der Waals surface area contributed by atoms with Crippen molar-refractivity contribution in [3.8, 4) is 0 Å². The summed E-state index contributed by atoms with van der Waals surface area (Å²) in [5.41, 5.74) is 1.63. The predicted octanol–water partition coefficient (Wildman–Crippen LogP) is 3.54. The highest BCUT2D eigenvalue weighted by Crippen LogP contribution is 2.40. The molecule has 1 aliphatic rings. The molecule has 1 aliphatic carbocycles. The number of carbonyl (C=O) groups is 2. The van der Waals surface area contributed by atoms with Gasteiger partial charge < -0.3 is 4.74 Å². The molecule has 3 heteroatoms. The third kappa shape index (κ3) is 3.02. The van der Waals surface area contributed by atoms with Gasteiger partial charge in [-0.3, -0.25) is 9.59 Å². The van der Waals surface area contributed by atoms with Crippen LogP contribution < -0.4 is 0 Å². The molecule has 0 aromatic heterocycles. The second kappa shape index (κ2) is 5.63. The van der Waals surface area contributed by atoms with Gasteiger partial charge in [-0.1, -0.05) is 45.0 Å². The summed E-state index contributed by atoms with van der Waals surface area (Å²) in [4.78, 5) is 23.9. The Labute approximate surface area is 126 Å². The Morgan fingerprint density at radius 3 is 2.05 bits per heavy atom. The maximum Gasteiger partial charge on any atom is 0.316 e. The molecule has 0 unspecified atom stereocenters. The minimum absolute atomic E-state index is 0.0828. The number of ether oxygens (including phenoxy) is 1. The molecular formula is C18H24O3. The molecule has 1 saturated carbocycles. The van der Waals surface area contributed by atoms with E-state index in [1.807, 2.05) is 12.1 Å². The number of carbonyl (C=O) groups excluding carboxylic acids is 2.